The van der Waals surface area contributed by atoms with Crippen LogP contribution in [-0.4, -0.2) is 50.6 Å². The number of methoxy groups -OCH3 is 1. The predicted molar refractivity (Wildman–Crippen MR) is 89.4 cm³/mol. The Morgan fingerprint density at radius 2 is 2.22 bits per heavy atom. The third-order valence-corrected chi connectivity index (χ3v) is 5.97. The van der Waals surface area contributed by atoms with Crippen LogP contribution in [0.5, 0.6) is 5.75 Å². The number of carbonyl (C=O) groups excluding carboxylic acids is 1. The Hall–Kier alpha value is -1.76. The minimum atomic E-state index is -3.00. The monoisotopic (exact) mass is 340 g/mol. The fourth-order valence-electron chi connectivity index (χ4n) is 2.84. The van der Waals surface area contributed by atoms with E-state index in [9.17, 15) is 13.2 Å². The molecule has 2 amide bonds. The van der Waals surface area contributed by atoms with Gasteiger partial charge in [0.1, 0.15) is 5.75 Å². The molecule has 1 aromatic carbocycles. The Labute approximate surface area is 137 Å². The van der Waals surface area contributed by atoms with Crippen molar-refractivity contribution >= 4 is 15.9 Å². The van der Waals surface area contributed by atoms with Crippen molar-refractivity contribution in [1.82, 2.24) is 10.2 Å². The summed E-state index contributed by atoms with van der Waals surface area (Å²) in [6.45, 7) is 4.38. The van der Waals surface area contributed by atoms with Crippen molar-refractivity contribution in [3.63, 3.8) is 0 Å². The Morgan fingerprint density at radius 3 is 2.78 bits per heavy atom. The van der Waals surface area contributed by atoms with E-state index >= 15 is 0 Å². The molecular weight excluding hydrogens is 316 g/mol. The molecular formula is C16H24N2O4S. The Kier molecular flexibility index (Phi) is 5.51. The second-order valence-corrected chi connectivity index (χ2v) is 8.02. The number of sulfone groups is 1. The van der Waals surface area contributed by atoms with Gasteiger partial charge >= 0.3 is 6.03 Å². The van der Waals surface area contributed by atoms with Gasteiger partial charge in [0.25, 0.3) is 0 Å². The Morgan fingerprint density at radius 1 is 1.48 bits per heavy atom. The van der Waals surface area contributed by atoms with Gasteiger partial charge in [0.2, 0.25) is 0 Å². The molecule has 1 heterocycles. The maximum Gasteiger partial charge on any atom is 0.318 e. The number of urea groups is 1. The number of ether oxygens (including phenoxy) is 1. The van der Waals surface area contributed by atoms with E-state index in [2.05, 4.69) is 5.32 Å². The van der Waals surface area contributed by atoms with E-state index in [0.717, 1.165) is 11.3 Å². The van der Waals surface area contributed by atoms with E-state index < -0.39 is 9.84 Å². The molecule has 0 aromatic heterocycles. The summed E-state index contributed by atoms with van der Waals surface area (Å²) in [7, 11) is -1.40. The third-order valence-electron chi connectivity index (χ3n) is 4.21. The summed E-state index contributed by atoms with van der Waals surface area (Å²) in [5.41, 5.74) is 0.973. The predicted octanol–water partition coefficient (Wildman–Crippen LogP) is 1.97. The molecule has 0 aliphatic carbocycles. The van der Waals surface area contributed by atoms with Gasteiger partial charge in [-0.3, -0.25) is 0 Å². The first-order chi connectivity index (χ1) is 10.9. The molecule has 1 aliphatic heterocycles. The topological polar surface area (TPSA) is 75.7 Å². The molecule has 1 aliphatic rings. The molecule has 0 spiro atoms. The lowest BCUT2D eigenvalue weighted by molar-refractivity contribution is 0.180. The first kappa shape index (κ1) is 17.6. The van der Waals surface area contributed by atoms with Gasteiger partial charge in [-0.15, -0.1) is 0 Å². The molecule has 0 bridgehead atoms. The van der Waals surface area contributed by atoms with Crippen LogP contribution in [0.15, 0.2) is 24.3 Å². The lowest BCUT2D eigenvalue weighted by Gasteiger charge is -2.30. The zero-order valence-electron chi connectivity index (χ0n) is 13.8. The highest BCUT2D eigenvalue weighted by molar-refractivity contribution is 7.91. The average molecular weight is 340 g/mol. The van der Waals surface area contributed by atoms with E-state index in [1.165, 1.54) is 0 Å². The van der Waals surface area contributed by atoms with Crippen molar-refractivity contribution < 1.29 is 17.9 Å². The van der Waals surface area contributed by atoms with Crippen molar-refractivity contribution in [3.8, 4) is 5.75 Å². The van der Waals surface area contributed by atoms with Crippen molar-refractivity contribution in [2.45, 2.75) is 32.4 Å². The van der Waals surface area contributed by atoms with E-state index in [1.54, 1.807) is 12.0 Å². The third kappa shape index (κ3) is 4.37. The highest BCUT2D eigenvalue weighted by atomic mass is 32.2. The molecule has 2 atom stereocenters. The Bertz CT molecular complexity index is 660. The number of nitrogens with one attached hydrogen (secondary N) is 1. The van der Waals surface area contributed by atoms with Crippen molar-refractivity contribution in [2.75, 3.05) is 25.2 Å². The maximum atomic E-state index is 12.5. The molecule has 2 rings (SSSR count). The number of rotatable bonds is 5. The number of hydrogen-bond donors (Lipinski definition) is 1. The average Bonchev–Trinajstić information content (AvgIpc) is 2.86. The van der Waals surface area contributed by atoms with Crippen LogP contribution in [0.2, 0.25) is 0 Å². The van der Waals surface area contributed by atoms with Crippen LogP contribution >= 0.6 is 0 Å². The summed E-state index contributed by atoms with van der Waals surface area (Å²) >= 11 is 0. The lowest BCUT2D eigenvalue weighted by Crippen LogP contribution is -2.46. The zero-order valence-corrected chi connectivity index (χ0v) is 14.6. The fourth-order valence-corrected chi connectivity index (χ4v) is 4.51. The summed E-state index contributed by atoms with van der Waals surface area (Å²) in [5.74, 6) is 0.923. The van der Waals surface area contributed by atoms with Crippen LogP contribution < -0.4 is 10.1 Å². The van der Waals surface area contributed by atoms with Gasteiger partial charge in [-0.1, -0.05) is 12.1 Å². The minimum Gasteiger partial charge on any atom is -0.497 e. The smallest absolute Gasteiger partial charge is 0.318 e. The molecule has 1 N–H and O–H groups in total. The minimum absolute atomic E-state index is 0.0316. The van der Waals surface area contributed by atoms with E-state index in [-0.39, 0.29) is 29.6 Å². The summed E-state index contributed by atoms with van der Waals surface area (Å²) in [6, 6.07) is 6.94. The molecule has 128 valence electrons. The van der Waals surface area contributed by atoms with E-state index in [0.29, 0.717) is 13.0 Å². The molecule has 1 saturated heterocycles. The van der Waals surface area contributed by atoms with Crippen LogP contribution in [0.1, 0.15) is 31.9 Å². The summed E-state index contributed by atoms with van der Waals surface area (Å²) in [5, 5.41) is 2.84. The van der Waals surface area contributed by atoms with Gasteiger partial charge < -0.3 is 15.0 Å². The van der Waals surface area contributed by atoms with Gasteiger partial charge in [-0.2, -0.15) is 0 Å². The summed E-state index contributed by atoms with van der Waals surface area (Å²) < 4.78 is 28.2. The first-order valence-electron chi connectivity index (χ1n) is 7.77. The SMILES string of the molecule is CCN(C(=O)N[C@H]1CCS(=O)(=O)C1)[C@@H](C)c1cccc(OC)c1. The van der Waals surface area contributed by atoms with Gasteiger partial charge in [0.15, 0.2) is 9.84 Å². The molecule has 7 heteroatoms. The van der Waals surface area contributed by atoms with Crippen molar-refractivity contribution in [2.24, 2.45) is 0 Å². The molecule has 0 saturated carbocycles. The zero-order chi connectivity index (χ0) is 17.0. The van der Waals surface area contributed by atoms with Gasteiger partial charge in [0.05, 0.1) is 24.7 Å². The highest BCUT2D eigenvalue weighted by Gasteiger charge is 2.31. The number of hydrogen-bond acceptors (Lipinski definition) is 4. The fraction of sp³-hybridized carbons (Fsp3) is 0.562. The summed E-state index contributed by atoms with van der Waals surface area (Å²) in [6.07, 6.45) is 0.485. The van der Waals surface area contributed by atoms with Crippen LogP contribution in [0.25, 0.3) is 0 Å². The van der Waals surface area contributed by atoms with Crippen LogP contribution in [-0.2, 0) is 9.84 Å². The van der Waals surface area contributed by atoms with Crippen LogP contribution in [0.4, 0.5) is 4.79 Å². The quantitative estimate of drug-likeness (QED) is 0.889. The number of benzene rings is 1. The molecule has 0 unspecified atom stereocenters. The highest BCUT2D eigenvalue weighted by Crippen LogP contribution is 2.24. The number of amides is 2. The number of carbonyl (C=O) groups is 1. The van der Waals surface area contributed by atoms with Gasteiger partial charge in [-0.25, -0.2) is 13.2 Å². The molecule has 0 radical (unpaired) electrons. The van der Waals surface area contributed by atoms with Crippen LogP contribution in [0.3, 0.4) is 0 Å². The molecule has 6 nitrogen and oxygen atoms in total. The summed E-state index contributed by atoms with van der Waals surface area (Å²) in [4.78, 5) is 14.2. The first-order valence-corrected chi connectivity index (χ1v) is 9.60. The molecule has 23 heavy (non-hydrogen) atoms. The molecule has 1 fully saturated rings. The number of nitrogens with zero attached hydrogens (tertiary/aromatic N) is 1. The second-order valence-electron chi connectivity index (χ2n) is 5.79. The second kappa shape index (κ2) is 7.21. The van der Waals surface area contributed by atoms with E-state index in [1.807, 2.05) is 38.1 Å². The van der Waals surface area contributed by atoms with E-state index in [4.69, 9.17) is 4.74 Å². The molecule has 1 aromatic rings. The van der Waals surface area contributed by atoms with Crippen LogP contribution in [0, 0.1) is 0 Å². The largest absolute Gasteiger partial charge is 0.497 e. The van der Waals surface area contributed by atoms with Crippen molar-refractivity contribution in [3.05, 3.63) is 29.8 Å². The Balaban J connectivity index is 2.07. The van der Waals surface area contributed by atoms with Gasteiger partial charge in [0, 0.05) is 12.6 Å². The standard InChI is InChI=1S/C16H24N2O4S/c1-4-18(12(2)13-6-5-7-15(10-13)22-3)16(19)17-14-8-9-23(20,21)11-14/h5-7,10,12,14H,4,8-9,11H2,1-3H3,(H,17,19)/t12-,14-/m0/s1. The van der Waals surface area contributed by atoms with Gasteiger partial charge in [-0.05, 0) is 38.0 Å². The maximum absolute atomic E-state index is 12.5. The normalized spacial score (nSPS) is 20.7. The lowest BCUT2D eigenvalue weighted by atomic mass is 10.1. The van der Waals surface area contributed by atoms with Crippen molar-refractivity contribution in [1.29, 1.82) is 0 Å².